The van der Waals surface area contributed by atoms with Crippen LogP contribution in [0.25, 0.3) is 0 Å². The summed E-state index contributed by atoms with van der Waals surface area (Å²) in [6.45, 7) is 8.97. The van der Waals surface area contributed by atoms with E-state index >= 15 is 0 Å². The number of ether oxygens (including phenoxy) is 1. The third-order valence-corrected chi connectivity index (χ3v) is 5.96. The van der Waals surface area contributed by atoms with Gasteiger partial charge >= 0.3 is 0 Å². The van der Waals surface area contributed by atoms with Gasteiger partial charge < -0.3 is 9.84 Å². The lowest BCUT2D eigenvalue weighted by Gasteiger charge is -2.49. The first-order valence-corrected chi connectivity index (χ1v) is 7.22. The molecule has 2 saturated heterocycles. The molecule has 1 N–H and O–H groups in total. The van der Waals surface area contributed by atoms with E-state index in [0.29, 0.717) is 11.8 Å². The molecule has 2 heteroatoms. The minimum absolute atomic E-state index is 0.0919. The van der Waals surface area contributed by atoms with Crippen molar-refractivity contribution < 1.29 is 9.84 Å². The first-order valence-electron chi connectivity index (χ1n) is 7.22. The van der Waals surface area contributed by atoms with Gasteiger partial charge in [0.2, 0.25) is 0 Å². The van der Waals surface area contributed by atoms with Crippen molar-refractivity contribution in [2.45, 2.75) is 70.7 Å². The van der Waals surface area contributed by atoms with Crippen molar-refractivity contribution in [1.82, 2.24) is 0 Å². The van der Waals surface area contributed by atoms with E-state index in [0.717, 1.165) is 24.7 Å². The lowest BCUT2D eigenvalue weighted by Crippen LogP contribution is -2.55. The zero-order chi connectivity index (χ0) is 12.4. The molecule has 2 saturated carbocycles. The number of rotatable bonds is 0. The Morgan fingerprint density at radius 1 is 1.12 bits per heavy atom. The minimum Gasteiger partial charge on any atom is -0.393 e. The van der Waals surface area contributed by atoms with Gasteiger partial charge in [-0.3, -0.25) is 0 Å². The van der Waals surface area contributed by atoms with Crippen LogP contribution in [0.5, 0.6) is 0 Å². The predicted molar refractivity (Wildman–Crippen MR) is 67.7 cm³/mol. The smallest absolute Gasteiger partial charge is 0.0717 e. The van der Waals surface area contributed by atoms with Crippen LogP contribution in [0.3, 0.4) is 0 Å². The van der Waals surface area contributed by atoms with E-state index in [2.05, 4.69) is 27.7 Å². The Balaban J connectivity index is 2.02. The fraction of sp³-hybridized carbons (Fsp3) is 1.00. The van der Waals surface area contributed by atoms with Crippen molar-refractivity contribution in [1.29, 1.82) is 0 Å². The molecular formula is C15H26O2. The fourth-order valence-corrected chi connectivity index (χ4v) is 5.12. The average molecular weight is 238 g/mol. The molecule has 6 atom stereocenters. The SMILES string of the molecule is C[C@@H]1CC[C@@H]2[C@@H]1C[C@@H]1[C@@H](O)C[C@@]2(C)OC1(C)C. The zero-order valence-electron chi connectivity index (χ0n) is 11.6. The highest BCUT2D eigenvalue weighted by Gasteiger charge is 2.59. The van der Waals surface area contributed by atoms with Gasteiger partial charge in [0.05, 0.1) is 17.3 Å². The summed E-state index contributed by atoms with van der Waals surface area (Å²) in [4.78, 5) is 0. The Morgan fingerprint density at radius 2 is 1.82 bits per heavy atom. The summed E-state index contributed by atoms with van der Waals surface area (Å²) < 4.78 is 6.46. The minimum atomic E-state index is -0.165. The van der Waals surface area contributed by atoms with Crippen LogP contribution in [0.1, 0.15) is 53.4 Å². The van der Waals surface area contributed by atoms with Gasteiger partial charge in [-0.2, -0.15) is 0 Å². The molecule has 98 valence electrons. The largest absolute Gasteiger partial charge is 0.393 e. The zero-order valence-corrected chi connectivity index (χ0v) is 11.6. The predicted octanol–water partition coefficient (Wildman–Crippen LogP) is 2.99. The number of hydrogen-bond donors (Lipinski definition) is 1. The topological polar surface area (TPSA) is 29.5 Å². The summed E-state index contributed by atoms with van der Waals surface area (Å²) in [5.41, 5.74) is -0.248. The van der Waals surface area contributed by atoms with Crippen LogP contribution in [-0.2, 0) is 4.74 Å². The normalized spacial score (nSPS) is 56.6. The Morgan fingerprint density at radius 3 is 2.47 bits per heavy atom. The lowest BCUT2D eigenvalue weighted by atomic mass is 9.76. The molecule has 0 unspecified atom stereocenters. The standard InChI is InChI=1S/C15H26O2/c1-9-5-6-11-10(9)7-12-13(16)8-15(11,4)17-14(12,2)3/h9-13,16H,5-8H2,1-4H3/t9-,10-,11-,12-,13+,15-/m1/s1. The maximum Gasteiger partial charge on any atom is 0.0717 e. The number of hydrogen-bond acceptors (Lipinski definition) is 2. The van der Waals surface area contributed by atoms with E-state index in [1.807, 2.05) is 0 Å². The second kappa shape index (κ2) is 3.48. The van der Waals surface area contributed by atoms with Crippen molar-refractivity contribution >= 4 is 0 Å². The van der Waals surface area contributed by atoms with Gasteiger partial charge in [0.15, 0.2) is 0 Å². The van der Waals surface area contributed by atoms with Crippen LogP contribution in [0.4, 0.5) is 0 Å². The summed E-state index contributed by atoms with van der Waals surface area (Å²) >= 11 is 0. The van der Waals surface area contributed by atoms with Crippen molar-refractivity contribution in [3.05, 3.63) is 0 Å². The number of fused-ring (bicyclic) bond motifs is 2. The van der Waals surface area contributed by atoms with Crippen molar-refractivity contribution in [3.8, 4) is 0 Å². The van der Waals surface area contributed by atoms with E-state index < -0.39 is 0 Å². The van der Waals surface area contributed by atoms with Gasteiger partial charge in [0.25, 0.3) is 0 Å². The van der Waals surface area contributed by atoms with E-state index in [-0.39, 0.29) is 17.3 Å². The highest BCUT2D eigenvalue weighted by molar-refractivity contribution is 5.08. The lowest BCUT2D eigenvalue weighted by molar-refractivity contribution is -0.230. The molecule has 2 heterocycles. The van der Waals surface area contributed by atoms with E-state index in [1.165, 1.54) is 12.8 Å². The molecule has 0 amide bonds. The molecule has 4 rings (SSSR count). The molecule has 4 fully saturated rings. The molecule has 2 aliphatic carbocycles. The second-order valence-corrected chi connectivity index (χ2v) is 7.46. The molecule has 2 aliphatic heterocycles. The summed E-state index contributed by atoms with van der Waals surface area (Å²) in [6, 6.07) is 0. The number of aliphatic hydroxyl groups excluding tert-OH is 1. The summed E-state index contributed by atoms with van der Waals surface area (Å²) in [5.74, 6) is 2.57. The number of aliphatic hydroxyl groups is 1. The average Bonchev–Trinajstić information content (AvgIpc) is 2.44. The Hall–Kier alpha value is -0.0800. The van der Waals surface area contributed by atoms with Crippen LogP contribution in [0, 0.1) is 23.7 Å². The molecule has 0 aromatic heterocycles. The van der Waals surface area contributed by atoms with E-state index in [9.17, 15) is 5.11 Å². The van der Waals surface area contributed by atoms with Crippen LogP contribution in [-0.4, -0.2) is 22.4 Å². The summed E-state index contributed by atoms with van der Waals surface area (Å²) in [6.07, 6.45) is 4.47. The van der Waals surface area contributed by atoms with Crippen molar-refractivity contribution in [2.24, 2.45) is 23.7 Å². The van der Waals surface area contributed by atoms with Crippen LogP contribution in [0.15, 0.2) is 0 Å². The third kappa shape index (κ3) is 1.60. The van der Waals surface area contributed by atoms with Gasteiger partial charge in [-0.15, -0.1) is 0 Å². The summed E-state index contributed by atoms with van der Waals surface area (Å²) in [7, 11) is 0. The Bertz CT molecular complexity index is 325. The quantitative estimate of drug-likeness (QED) is 0.703. The maximum absolute atomic E-state index is 10.4. The van der Waals surface area contributed by atoms with E-state index in [1.54, 1.807) is 0 Å². The van der Waals surface area contributed by atoms with Crippen LogP contribution >= 0.6 is 0 Å². The summed E-state index contributed by atoms with van der Waals surface area (Å²) in [5, 5.41) is 10.4. The molecule has 0 aromatic carbocycles. The monoisotopic (exact) mass is 238 g/mol. The maximum atomic E-state index is 10.4. The van der Waals surface area contributed by atoms with E-state index in [4.69, 9.17) is 4.74 Å². The first kappa shape index (κ1) is 12.0. The van der Waals surface area contributed by atoms with Gasteiger partial charge in [0.1, 0.15) is 0 Å². The molecular weight excluding hydrogens is 212 g/mol. The van der Waals surface area contributed by atoms with Crippen molar-refractivity contribution in [3.63, 3.8) is 0 Å². The molecule has 17 heavy (non-hydrogen) atoms. The van der Waals surface area contributed by atoms with Crippen molar-refractivity contribution in [2.75, 3.05) is 0 Å². The molecule has 0 radical (unpaired) electrons. The third-order valence-electron chi connectivity index (χ3n) is 5.96. The molecule has 2 bridgehead atoms. The fourth-order valence-electron chi connectivity index (χ4n) is 5.12. The first-order chi connectivity index (χ1) is 7.83. The highest BCUT2D eigenvalue weighted by Crippen LogP contribution is 2.58. The Labute approximate surface area is 105 Å². The molecule has 2 nitrogen and oxygen atoms in total. The molecule has 0 spiro atoms. The second-order valence-electron chi connectivity index (χ2n) is 7.46. The van der Waals surface area contributed by atoms with Crippen LogP contribution in [0.2, 0.25) is 0 Å². The highest BCUT2D eigenvalue weighted by atomic mass is 16.5. The van der Waals surface area contributed by atoms with Gasteiger partial charge in [-0.25, -0.2) is 0 Å². The molecule has 0 aromatic rings. The molecule has 4 aliphatic rings. The van der Waals surface area contributed by atoms with Gasteiger partial charge in [-0.05, 0) is 51.4 Å². The van der Waals surface area contributed by atoms with Gasteiger partial charge in [-0.1, -0.05) is 13.3 Å². The van der Waals surface area contributed by atoms with Gasteiger partial charge in [0, 0.05) is 12.3 Å². The Kier molecular flexibility index (Phi) is 2.45. The van der Waals surface area contributed by atoms with Crippen LogP contribution < -0.4 is 0 Å².